The van der Waals surface area contributed by atoms with Crippen LogP contribution in [0.1, 0.15) is 5.56 Å². The molecule has 0 aliphatic rings. The molecule has 28 heavy (non-hydrogen) atoms. The van der Waals surface area contributed by atoms with E-state index in [1.165, 1.54) is 21.7 Å². The lowest BCUT2D eigenvalue weighted by Gasteiger charge is -2.08. The highest BCUT2D eigenvalue weighted by Gasteiger charge is 2.16. The van der Waals surface area contributed by atoms with Crippen molar-refractivity contribution in [1.82, 2.24) is 15.0 Å². The van der Waals surface area contributed by atoms with E-state index in [9.17, 15) is 0 Å². The number of pyridine rings is 2. The number of aromatic amines is 1. The van der Waals surface area contributed by atoms with E-state index in [4.69, 9.17) is 9.97 Å². The van der Waals surface area contributed by atoms with Crippen molar-refractivity contribution < 1.29 is 0 Å². The summed E-state index contributed by atoms with van der Waals surface area (Å²) in [6.07, 6.45) is 0. The Balaban J connectivity index is 1.79. The Hall–Kier alpha value is -3.72. The zero-order valence-electron chi connectivity index (χ0n) is 15.4. The first-order valence-electron chi connectivity index (χ1n) is 9.45. The molecule has 0 fully saturated rings. The number of aryl methyl sites for hydroxylation is 1. The summed E-state index contributed by atoms with van der Waals surface area (Å²) in [5.74, 6) is 0. The van der Waals surface area contributed by atoms with Crippen LogP contribution in [-0.4, -0.2) is 15.0 Å². The zero-order valence-corrected chi connectivity index (χ0v) is 15.4. The number of aromatic nitrogens is 3. The molecule has 3 nitrogen and oxygen atoms in total. The SMILES string of the molecule is Cc1ccc2nc(-c3ccc4ccccc4n3)c3[nH]c4ccccc4c3c2c1. The van der Waals surface area contributed by atoms with Gasteiger partial charge >= 0.3 is 0 Å². The van der Waals surface area contributed by atoms with Crippen molar-refractivity contribution in [1.29, 1.82) is 0 Å². The molecule has 0 atom stereocenters. The van der Waals surface area contributed by atoms with Crippen molar-refractivity contribution in [2.75, 3.05) is 0 Å². The van der Waals surface area contributed by atoms with Crippen LogP contribution in [-0.2, 0) is 0 Å². The summed E-state index contributed by atoms with van der Waals surface area (Å²) < 4.78 is 0. The second-order valence-corrected chi connectivity index (χ2v) is 7.29. The van der Waals surface area contributed by atoms with Crippen molar-refractivity contribution >= 4 is 43.6 Å². The average Bonchev–Trinajstić information content (AvgIpc) is 3.13. The van der Waals surface area contributed by atoms with Crippen LogP contribution in [0.4, 0.5) is 0 Å². The van der Waals surface area contributed by atoms with E-state index in [0.717, 1.165) is 38.8 Å². The molecular weight excluding hydrogens is 342 g/mol. The van der Waals surface area contributed by atoms with Gasteiger partial charge in [0.05, 0.1) is 22.2 Å². The van der Waals surface area contributed by atoms with Gasteiger partial charge in [0.1, 0.15) is 5.69 Å². The molecule has 0 bridgehead atoms. The van der Waals surface area contributed by atoms with Gasteiger partial charge in [0.2, 0.25) is 0 Å². The fourth-order valence-electron chi connectivity index (χ4n) is 4.11. The lowest BCUT2D eigenvalue weighted by molar-refractivity contribution is 1.32. The molecular formula is C25H17N3. The Morgan fingerprint density at radius 2 is 1.57 bits per heavy atom. The van der Waals surface area contributed by atoms with E-state index < -0.39 is 0 Å². The molecule has 1 N–H and O–H groups in total. The first-order chi connectivity index (χ1) is 13.8. The molecule has 0 spiro atoms. The van der Waals surface area contributed by atoms with Gasteiger partial charge in [0.25, 0.3) is 0 Å². The predicted molar refractivity (Wildman–Crippen MR) is 117 cm³/mol. The lowest BCUT2D eigenvalue weighted by atomic mass is 10.0. The number of benzene rings is 3. The summed E-state index contributed by atoms with van der Waals surface area (Å²) in [6, 6.07) is 27.3. The number of rotatable bonds is 1. The Bertz CT molecular complexity index is 1530. The minimum atomic E-state index is 0.887. The van der Waals surface area contributed by atoms with Crippen LogP contribution >= 0.6 is 0 Å². The first kappa shape index (κ1) is 15.3. The number of nitrogens with one attached hydrogen (secondary N) is 1. The van der Waals surface area contributed by atoms with E-state index in [1.807, 2.05) is 18.2 Å². The summed E-state index contributed by atoms with van der Waals surface area (Å²) in [5, 5.41) is 4.75. The topological polar surface area (TPSA) is 41.6 Å². The summed E-state index contributed by atoms with van der Waals surface area (Å²) in [7, 11) is 0. The van der Waals surface area contributed by atoms with Gasteiger partial charge in [-0.15, -0.1) is 0 Å². The number of para-hydroxylation sites is 2. The van der Waals surface area contributed by atoms with Crippen LogP contribution in [0.2, 0.25) is 0 Å². The third-order valence-electron chi connectivity index (χ3n) is 5.44. The molecule has 0 saturated heterocycles. The standard InChI is InChI=1S/C25H17N3/c1-15-10-12-21-18(14-15)23-17-7-3-5-9-20(17)28-25(23)24(27-21)22-13-11-16-6-2-4-8-19(16)26-22/h2-14,28H,1H3. The van der Waals surface area contributed by atoms with Gasteiger partial charge in [-0.25, -0.2) is 9.97 Å². The van der Waals surface area contributed by atoms with Crippen molar-refractivity contribution in [3.05, 3.63) is 84.4 Å². The van der Waals surface area contributed by atoms with E-state index in [0.29, 0.717) is 0 Å². The van der Waals surface area contributed by atoms with Crippen LogP contribution in [0.25, 0.3) is 55.0 Å². The van der Waals surface area contributed by atoms with Gasteiger partial charge in [-0.05, 0) is 37.3 Å². The molecule has 3 aromatic carbocycles. The molecule has 0 radical (unpaired) electrons. The number of hydrogen-bond acceptors (Lipinski definition) is 2. The van der Waals surface area contributed by atoms with Gasteiger partial charge in [0, 0.05) is 27.1 Å². The van der Waals surface area contributed by atoms with E-state index >= 15 is 0 Å². The zero-order chi connectivity index (χ0) is 18.7. The smallest absolute Gasteiger partial charge is 0.113 e. The Morgan fingerprint density at radius 3 is 2.54 bits per heavy atom. The maximum Gasteiger partial charge on any atom is 0.113 e. The maximum atomic E-state index is 5.02. The van der Waals surface area contributed by atoms with Gasteiger partial charge in [-0.3, -0.25) is 0 Å². The average molecular weight is 359 g/mol. The quantitative estimate of drug-likeness (QED) is 0.369. The van der Waals surface area contributed by atoms with Crippen LogP contribution < -0.4 is 0 Å². The third kappa shape index (κ3) is 2.16. The van der Waals surface area contributed by atoms with Crippen LogP contribution in [0, 0.1) is 6.92 Å². The maximum absolute atomic E-state index is 5.02. The fourth-order valence-corrected chi connectivity index (χ4v) is 4.11. The highest BCUT2D eigenvalue weighted by atomic mass is 14.8. The molecule has 3 heteroatoms. The number of fused-ring (bicyclic) bond motifs is 6. The normalized spacial score (nSPS) is 11.8. The minimum absolute atomic E-state index is 0.887. The van der Waals surface area contributed by atoms with Crippen molar-refractivity contribution in [3.63, 3.8) is 0 Å². The van der Waals surface area contributed by atoms with Gasteiger partial charge in [0.15, 0.2) is 0 Å². The predicted octanol–water partition coefficient (Wildman–Crippen LogP) is 6.39. The van der Waals surface area contributed by atoms with Crippen LogP contribution in [0.3, 0.4) is 0 Å². The number of hydrogen-bond donors (Lipinski definition) is 1. The fraction of sp³-hybridized carbons (Fsp3) is 0.0400. The van der Waals surface area contributed by atoms with Crippen molar-refractivity contribution in [3.8, 4) is 11.4 Å². The number of nitrogens with zero attached hydrogens (tertiary/aromatic N) is 2. The van der Waals surface area contributed by atoms with E-state index in [2.05, 4.69) is 72.6 Å². The van der Waals surface area contributed by atoms with Crippen molar-refractivity contribution in [2.45, 2.75) is 6.92 Å². The second-order valence-electron chi connectivity index (χ2n) is 7.29. The molecule has 6 aromatic rings. The largest absolute Gasteiger partial charge is 0.353 e. The van der Waals surface area contributed by atoms with Crippen LogP contribution in [0.15, 0.2) is 78.9 Å². The summed E-state index contributed by atoms with van der Waals surface area (Å²) in [6.45, 7) is 2.12. The number of H-pyrrole nitrogens is 1. The molecule has 0 saturated carbocycles. The third-order valence-corrected chi connectivity index (χ3v) is 5.44. The molecule has 0 unspecified atom stereocenters. The molecule has 0 aliphatic carbocycles. The Kier molecular flexibility index (Phi) is 3.09. The van der Waals surface area contributed by atoms with E-state index in [-0.39, 0.29) is 0 Å². The minimum Gasteiger partial charge on any atom is -0.353 e. The molecule has 0 aliphatic heterocycles. The van der Waals surface area contributed by atoms with E-state index in [1.54, 1.807) is 0 Å². The summed E-state index contributed by atoms with van der Waals surface area (Å²) in [5.41, 5.74) is 7.16. The molecule has 6 rings (SSSR count). The van der Waals surface area contributed by atoms with Crippen molar-refractivity contribution in [2.24, 2.45) is 0 Å². The highest BCUT2D eigenvalue weighted by molar-refractivity contribution is 6.22. The molecule has 3 heterocycles. The van der Waals surface area contributed by atoms with Gasteiger partial charge < -0.3 is 4.98 Å². The summed E-state index contributed by atoms with van der Waals surface area (Å²) in [4.78, 5) is 13.5. The second kappa shape index (κ2) is 5.64. The lowest BCUT2D eigenvalue weighted by Crippen LogP contribution is -1.92. The highest BCUT2D eigenvalue weighted by Crippen LogP contribution is 2.37. The van der Waals surface area contributed by atoms with Gasteiger partial charge in [-0.2, -0.15) is 0 Å². The molecule has 3 aromatic heterocycles. The van der Waals surface area contributed by atoms with Gasteiger partial charge in [-0.1, -0.05) is 54.1 Å². The Morgan fingerprint density at radius 1 is 0.714 bits per heavy atom. The molecule has 132 valence electrons. The summed E-state index contributed by atoms with van der Waals surface area (Å²) >= 11 is 0. The Labute approximate surface area is 161 Å². The van der Waals surface area contributed by atoms with Crippen LogP contribution in [0.5, 0.6) is 0 Å². The first-order valence-corrected chi connectivity index (χ1v) is 9.45. The monoisotopic (exact) mass is 359 g/mol. The molecule has 0 amide bonds.